The fraction of sp³-hybridized carbons (Fsp3) is 0.231. The topological polar surface area (TPSA) is 50.8 Å². The molecule has 0 unspecified atom stereocenters. The number of benzene rings is 1. The van der Waals surface area contributed by atoms with E-state index in [0.717, 1.165) is 6.07 Å². The number of rotatable bonds is 5. The van der Waals surface area contributed by atoms with Crippen LogP contribution < -0.4 is 0 Å². The Hall–Kier alpha value is -2.26. The number of halogens is 2. The van der Waals surface area contributed by atoms with Gasteiger partial charge in [-0.25, -0.2) is 13.8 Å². The van der Waals surface area contributed by atoms with Crippen molar-refractivity contribution >= 4 is 0 Å². The maximum atomic E-state index is 13.3. The zero-order valence-electron chi connectivity index (χ0n) is 10.0. The summed E-state index contributed by atoms with van der Waals surface area (Å²) in [5, 5.41) is 8.77. The molecule has 6 heteroatoms. The molecule has 0 bridgehead atoms. The van der Waals surface area contributed by atoms with Crippen LogP contribution in [0.1, 0.15) is 11.3 Å². The first-order chi connectivity index (χ1) is 9.20. The summed E-state index contributed by atoms with van der Waals surface area (Å²) in [5.41, 5.74) is 0.740. The van der Waals surface area contributed by atoms with E-state index in [-0.39, 0.29) is 6.61 Å². The van der Waals surface area contributed by atoms with Gasteiger partial charge < -0.3 is 9.30 Å². The first-order valence-electron chi connectivity index (χ1n) is 5.62. The van der Waals surface area contributed by atoms with Crippen molar-refractivity contribution in [2.45, 2.75) is 13.2 Å². The second kappa shape index (κ2) is 6.07. The van der Waals surface area contributed by atoms with E-state index < -0.39 is 11.6 Å². The third-order valence-electron chi connectivity index (χ3n) is 2.58. The molecule has 19 heavy (non-hydrogen) atoms. The van der Waals surface area contributed by atoms with Gasteiger partial charge in [0.15, 0.2) is 0 Å². The standard InChI is InChI=1S/C13H11F2N3O/c14-11-2-1-10(13(15)5-11)8-19-4-3-18-9-17-7-12(18)6-16/h1-2,5,7,9H,3-4,8H2. The molecule has 2 aromatic rings. The molecule has 0 aliphatic carbocycles. The van der Waals surface area contributed by atoms with Crippen molar-refractivity contribution in [1.82, 2.24) is 9.55 Å². The van der Waals surface area contributed by atoms with E-state index in [1.165, 1.54) is 24.7 Å². The van der Waals surface area contributed by atoms with Crippen LogP contribution in [0.3, 0.4) is 0 Å². The van der Waals surface area contributed by atoms with Crippen molar-refractivity contribution in [3.63, 3.8) is 0 Å². The van der Waals surface area contributed by atoms with Gasteiger partial charge in [-0.1, -0.05) is 6.07 Å². The van der Waals surface area contributed by atoms with Crippen LogP contribution in [0.2, 0.25) is 0 Å². The number of nitriles is 1. The van der Waals surface area contributed by atoms with Crippen LogP contribution in [-0.2, 0) is 17.9 Å². The van der Waals surface area contributed by atoms with Gasteiger partial charge in [-0.3, -0.25) is 0 Å². The predicted molar refractivity (Wildman–Crippen MR) is 63.0 cm³/mol. The number of hydrogen-bond acceptors (Lipinski definition) is 3. The quantitative estimate of drug-likeness (QED) is 0.777. The first kappa shape index (κ1) is 13.2. The summed E-state index contributed by atoms with van der Waals surface area (Å²) in [4.78, 5) is 3.84. The fourth-order valence-electron chi connectivity index (χ4n) is 1.58. The monoisotopic (exact) mass is 263 g/mol. The molecule has 1 aromatic heterocycles. The third-order valence-corrected chi connectivity index (χ3v) is 2.58. The van der Waals surface area contributed by atoms with Crippen LogP contribution in [-0.4, -0.2) is 16.2 Å². The van der Waals surface area contributed by atoms with Crippen molar-refractivity contribution in [2.24, 2.45) is 0 Å². The summed E-state index contributed by atoms with van der Waals surface area (Å²) in [6.07, 6.45) is 2.99. The SMILES string of the molecule is N#Cc1cncn1CCOCc1ccc(F)cc1F. The normalized spacial score (nSPS) is 10.4. The van der Waals surface area contributed by atoms with Crippen molar-refractivity contribution in [1.29, 1.82) is 5.26 Å². The molecule has 4 nitrogen and oxygen atoms in total. The van der Waals surface area contributed by atoms with Crippen LogP contribution in [0.5, 0.6) is 0 Å². The van der Waals surface area contributed by atoms with Crippen molar-refractivity contribution in [3.05, 3.63) is 53.6 Å². The molecule has 0 saturated heterocycles. The van der Waals surface area contributed by atoms with E-state index in [0.29, 0.717) is 24.4 Å². The van der Waals surface area contributed by atoms with Crippen molar-refractivity contribution in [3.8, 4) is 6.07 Å². The highest BCUT2D eigenvalue weighted by atomic mass is 19.1. The minimum atomic E-state index is -0.625. The number of aromatic nitrogens is 2. The van der Waals surface area contributed by atoms with Crippen molar-refractivity contribution in [2.75, 3.05) is 6.61 Å². The second-order valence-corrected chi connectivity index (χ2v) is 3.87. The highest BCUT2D eigenvalue weighted by Crippen LogP contribution is 2.10. The summed E-state index contributed by atoms with van der Waals surface area (Å²) < 4.78 is 32.9. The molecule has 0 N–H and O–H groups in total. The summed E-state index contributed by atoms with van der Waals surface area (Å²) in [7, 11) is 0. The Balaban J connectivity index is 1.83. The van der Waals surface area contributed by atoms with Gasteiger partial charge in [-0.2, -0.15) is 5.26 Å². The van der Waals surface area contributed by atoms with E-state index in [4.69, 9.17) is 10.00 Å². The molecule has 0 radical (unpaired) electrons. The van der Waals surface area contributed by atoms with Crippen LogP contribution in [0.4, 0.5) is 8.78 Å². The van der Waals surface area contributed by atoms with E-state index in [1.54, 1.807) is 4.57 Å². The van der Waals surface area contributed by atoms with Gasteiger partial charge in [0.1, 0.15) is 23.4 Å². The number of nitrogens with zero attached hydrogens (tertiary/aromatic N) is 3. The zero-order valence-corrected chi connectivity index (χ0v) is 10.0. The molecule has 0 saturated carbocycles. The van der Waals surface area contributed by atoms with Gasteiger partial charge in [0, 0.05) is 18.2 Å². The Morgan fingerprint density at radius 2 is 2.21 bits per heavy atom. The lowest BCUT2D eigenvalue weighted by molar-refractivity contribution is 0.110. The molecule has 0 amide bonds. The van der Waals surface area contributed by atoms with Gasteiger partial charge >= 0.3 is 0 Å². The molecule has 0 atom stereocenters. The minimum Gasteiger partial charge on any atom is -0.375 e. The number of hydrogen-bond donors (Lipinski definition) is 0. The fourth-order valence-corrected chi connectivity index (χ4v) is 1.58. The largest absolute Gasteiger partial charge is 0.375 e. The molecule has 1 heterocycles. The van der Waals surface area contributed by atoms with Gasteiger partial charge in [-0.15, -0.1) is 0 Å². The second-order valence-electron chi connectivity index (χ2n) is 3.87. The Bertz CT molecular complexity index is 604. The highest BCUT2D eigenvalue weighted by molar-refractivity contribution is 5.18. The minimum absolute atomic E-state index is 0.0582. The molecule has 2 rings (SSSR count). The molecular weight excluding hydrogens is 252 g/mol. The Labute approximate surface area is 108 Å². The molecule has 98 valence electrons. The smallest absolute Gasteiger partial charge is 0.139 e. The zero-order chi connectivity index (χ0) is 13.7. The van der Waals surface area contributed by atoms with E-state index in [1.807, 2.05) is 6.07 Å². The van der Waals surface area contributed by atoms with Gasteiger partial charge in [0.05, 0.1) is 25.7 Å². The average molecular weight is 263 g/mol. The summed E-state index contributed by atoms with van der Waals surface area (Å²) in [6.45, 7) is 0.816. The van der Waals surface area contributed by atoms with E-state index in [2.05, 4.69) is 4.98 Å². The Kier molecular flexibility index (Phi) is 4.21. The summed E-state index contributed by atoms with van der Waals surface area (Å²) in [5.74, 6) is -1.24. The van der Waals surface area contributed by atoms with E-state index >= 15 is 0 Å². The predicted octanol–water partition coefficient (Wildman–Crippen LogP) is 2.25. The highest BCUT2D eigenvalue weighted by Gasteiger charge is 2.04. The lowest BCUT2D eigenvalue weighted by atomic mass is 10.2. The van der Waals surface area contributed by atoms with Gasteiger partial charge in [0.25, 0.3) is 0 Å². The van der Waals surface area contributed by atoms with Crippen LogP contribution >= 0.6 is 0 Å². The van der Waals surface area contributed by atoms with Crippen LogP contribution in [0, 0.1) is 23.0 Å². The number of imidazole rings is 1. The van der Waals surface area contributed by atoms with E-state index in [9.17, 15) is 8.78 Å². The molecule has 0 fully saturated rings. The van der Waals surface area contributed by atoms with Crippen molar-refractivity contribution < 1.29 is 13.5 Å². The van der Waals surface area contributed by atoms with Gasteiger partial charge in [0.2, 0.25) is 0 Å². The summed E-state index contributed by atoms with van der Waals surface area (Å²) >= 11 is 0. The Morgan fingerprint density at radius 3 is 2.95 bits per heavy atom. The van der Waals surface area contributed by atoms with Crippen LogP contribution in [0.25, 0.3) is 0 Å². The van der Waals surface area contributed by atoms with Gasteiger partial charge in [-0.05, 0) is 6.07 Å². The maximum Gasteiger partial charge on any atom is 0.139 e. The molecule has 0 spiro atoms. The lowest BCUT2D eigenvalue weighted by Gasteiger charge is -2.06. The summed E-state index contributed by atoms with van der Waals surface area (Å²) in [6, 6.07) is 5.35. The Morgan fingerprint density at radius 1 is 1.37 bits per heavy atom. The average Bonchev–Trinajstić information content (AvgIpc) is 2.84. The molecule has 0 aliphatic heterocycles. The maximum absolute atomic E-state index is 13.3. The molecule has 0 aliphatic rings. The first-order valence-corrected chi connectivity index (χ1v) is 5.62. The molecular formula is C13H11F2N3O. The van der Waals surface area contributed by atoms with Crippen LogP contribution in [0.15, 0.2) is 30.7 Å². The molecule has 1 aromatic carbocycles. The lowest BCUT2D eigenvalue weighted by Crippen LogP contribution is -2.07. The third kappa shape index (κ3) is 3.36. The number of ether oxygens (including phenoxy) is 1.